The van der Waals surface area contributed by atoms with Crippen molar-refractivity contribution in [1.82, 2.24) is 0 Å². The van der Waals surface area contributed by atoms with Gasteiger partial charge < -0.3 is 9.16 Å². The van der Waals surface area contributed by atoms with Gasteiger partial charge in [0.25, 0.3) is 0 Å². The van der Waals surface area contributed by atoms with Gasteiger partial charge in [0.2, 0.25) is 0 Å². The molecular formula is C18H32O3Si. The highest BCUT2D eigenvalue weighted by molar-refractivity contribution is 6.69. The molecule has 3 nitrogen and oxygen atoms in total. The lowest BCUT2D eigenvalue weighted by molar-refractivity contribution is -0.143. The summed E-state index contributed by atoms with van der Waals surface area (Å²) in [6, 6.07) is 0. The zero-order valence-electron chi connectivity index (χ0n) is 15.2. The maximum atomic E-state index is 11.4. The first-order valence-corrected chi connectivity index (χ1v) is 11.7. The van der Waals surface area contributed by atoms with Gasteiger partial charge in [-0.3, -0.25) is 0 Å². The Morgan fingerprint density at radius 3 is 2.50 bits per heavy atom. The van der Waals surface area contributed by atoms with E-state index in [0.29, 0.717) is 11.8 Å². The third kappa shape index (κ3) is 6.49. The fourth-order valence-electron chi connectivity index (χ4n) is 3.00. The maximum Gasteiger partial charge on any atom is 0.331 e. The van der Waals surface area contributed by atoms with Crippen LogP contribution in [0.4, 0.5) is 0 Å². The number of cyclic esters (lactones) is 1. The molecule has 126 valence electrons. The van der Waals surface area contributed by atoms with Crippen molar-refractivity contribution in [2.45, 2.75) is 72.4 Å². The smallest absolute Gasteiger partial charge is 0.331 e. The third-order valence-corrected chi connectivity index (χ3v) is 4.97. The minimum absolute atomic E-state index is 0.0391. The summed E-state index contributed by atoms with van der Waals surface area (Å²) in [5.41, 5.74) is 1.43. The van der Waals surface area contributed by atoms with E-state index in [9.17, 15) is 4.79 Å². The summed E-state index contributed by atoms with van der Waals surface area (Å²) in [4.78, 5) is 11.4. The Morgan fingerprint density at radius 2 is 2.05 bits per heavy atom. The van der Waals surface area contributed by atoms with Crippen molar-refractivity contribution in [2.75, 3.05) is 0 Å². The Kier molecular flexibility index (Phi) is 7.07. The van der Waals surface area contributed by atoms with Crippen LogP contribution in [0.15, 0.2) is 23.8 Å². The van der Waals surface area contributed by atoms with Crippen LogP contribution < -0.4 is 0 Å². The van der Waals surface area contributed by atoms with E-state index in [0.717, 1.165) is 12.8 Å². The Bertz CT molecular complexity index is 434. The number of carbonyl (C=O) groups excluding carboxylic acids is 1. The molecule has 0 saturated carbocycles. The van der Waals surface area contributed by atoms with Gasteiger partial charge in [0, 0.05) is 6.08 Å². The van der Waals surface area contributed by atoms with E-state index in [1.165, 1.54) is 11.6 Å². The summed E-state index contributed by atoms with van der Waals surface area (Å²) >= 11 is 0. The zero-order valence-corrected chi connectivity index (χ0v) is 16.2. The fourth-order valence-corrected chi connectivity index (χ4v) is 4.18. The van der Waals surface area contributed by atoms with E-state index in [1.807, 2.05) is 6.08 Å². The molecule has 0 spiro atoms. The lowest BCUT2D eigenvalue weighted by atomic mass is 9.87. The molecule has 1 heterocycles. The summed E-state index contributed by atoms with van der Waals surface area (Å²) in [5, 5.41) is 0. The molecule has 4 heteroatoms. The van der Waals surface area contributed by atoms with Gasteiger partial charge in [0.05, 0.1) is 6.10 Å². The second-order valence-corrected chi connectivity index (χ2v) is 12.1. The molecule has 0 aromatic carbocycles. The molecule has 0 aromatic heterocycles. The molecule has 0 saturated heterocycles. The molecule has 22 heavy (non-hydrogen) atoms. The van der Waals surface area contributed by atoms with Crippen LogP contribution in [0.1, 0.15) is 40.5 Å². The molecule has 1 rings (SSSR count). The van der Waals surface area contributed by atoms with Crippen molar-refractivity contribution in [1.29, 1.82) is 0 Å². The van der Waals surface area contributed by atoms with Crippen LogP contribution in [0.2, 0.25) is 19.6 Å². The normalized spacial score (nSPS) is 23.3. The monoisotopic (exact) mass is 324 g/mol. The van der Waals surface area contributed by atoms with E-state index >= 15 is 0 Å². The minimum atomic E-state index is -1.70. The van der Waals surface area contributed by atoms with Crippen LogP contribution >= 0.6 is 0 Å². The zero-order chi connectivity index (χ0) is 16.9. The quantitative estimate of drug-likeness (QED) is 0.368. The molecule has 0 aliphatic carbocycles. The van der Waals surface area contributed by atoms with Crippen LogP contribution in [0.25, 0.3) is 0 Å². The van der Waals surface area contributed by atoms with E-state index in [1.54, 1.807) is 0 Å². The van der Waals surface area contributed by atoms with Gasteiger partial charge in [0.15, 0.2) is 8.32 Å². The summed E-state index contributed by atoms with van der Waals surface area (Å²) in [7, 11) is -1.70. The Hall–Kier alpha value is -0.873. The predicted molar refractivity (Wildman–Crippen MR) is 94.2 cm³/mol. The number of ether oxygens (including phenoxy) is 1. The molecule has 4 atom stereocenters. The number of carbonyl (C=O) groups is 1. The molecule has 1 aliphatic rings. The van der Waals surface area contributed by atoms with E-state index < -0.39 is 8.32 Å². The summed E-state index contributed by atoms with van der Waals surface area (Å²) in [6.07, 6.45) is 7.46. The topological polar surface area (TPSA) is 35.5 Å². The maximum absolute atomic E-state index is 11.4. The van der Waals surface area contributed by atoms with Crippen LogP contribution in [0, 0.1) is 11.8 Å². The van der Waals surface area contributed by atoms with Crippen molar-refractivity contribution < 1.29 is 14.0 Å². The van der Waals surface area contributed by atoms with Crippen molar-refractivity contribution in [3.8, 4) is 0 Å². The highest BCUT2D eigenvalue weighted by atomic mass is 28.4. The van der Waals surface area contributed by atoms with Crippen molar-refractivity contribution in [2.24, 2.45) is 11.8 Å². The first-order chi connectivity index (χ1) is 10.1. The van der Waals surface area contributed by atoms with Crippen molar-refractivity contribution >= 4 is 14.3 Å². The lowest BCUT2D eigenvalue weighted by Crippen LogP contribution is -2.43. The van der Waals surface area contributed by atoms with Crippen LogP contribution in [0.3, 0.4) is 0 Å². The largest absolute Gasteiger partial charge is 0.452 e. The Labute approximate surface area is 136 Å². The number of hydrogen-bond acceptors (Lipinski definition) is 3. The molecule has 0 aromatic rings. The molecule has 0 bridgehead atoms. The second-order valence-electron chi connectivity index (χ2n) is 7.61. The first kappa shape index (κ1) is 19.2. The Balaban J connectivity index is 2.73. The fraction of sp³-hybridized carbons (Fsp3) is 0.722. The number of allylic oxidation sites excluding steroid dienone is 2. The highest BCUT2D eigenvalue weighted by Crippen LogP contribution is 2.29. The molecule has 0 fully saturated rings. The molecule has 0 N–H and O–H groups in total. The molecular weight excluding hydrogens is 292 g/mol. The molecule has 0 amide bonds. The second kappa shape index (κ2) is 8.11. The van der Waals surface area contributed by atoms with Gasteiger partial charge in [-0.05, 0) is 64.2 Å². The van der Waals surface area contributed by atoms with Gasteiger partial charge in [-0.2, -0.15) is 0 Å². The average Bonchev–Trinajstić information content (AvgIpc) is 2.80. The van der Waals surface area contributed by atoms with Crippen molar-refractivity contribution in [3.63, 3.8) is 0 Å². The van der Waals surface area contributed by atoms with Gasteiger partial charge in [-0.15, -0.1) is 0 Å². The van der Waals surface area contributed by atoms with Crippen molar-refractivity contribution in [3.05, 3.63) is 23.8 Å². The van der Waals surface area contributed by atoms with Gasteiger partial charge >= 0.3 is 5.97 Å². The van der Waals surface area contributed by atoms with Crippen LogP contribution in [0.5, 0.6) is 0 Å². The summed E-state index contributed by atoms with van der Waals surface area (Å²) < 4.78 is 11.8. The van der Waals surface area contributed by atoms with E-state index in [2.05, 4.69) is 53.4 Å². The van der Waals surface area contributed by atoms with Gasteiger partial charge in [0.1, 0.15) is 6.10 Å². The summed E-state index contributed by atoms with van der Waals surface area (Å²) in [5.74, 6) is 0.700. The predicted octanol–water partition coefficient (Wildman–Crippen LogP) is 4.71. The minimum Gasteiger partial charge on any atom is -0.452 e. The lowest BCUT2D eigenvalue weighted by Gasteiger charge is -2.34. The average molecular weight is 325 g/mol. The SMILES string of the molecule is C/C=C(\C)C[C@H](C)C[C@H](C)[C@@H](O[Si](C)(C)C)[C@H]1C=CC(=O)O1. The van der Waals surface area contributed by atoms with Gasteiger partial charge in [-0.1, -0.05) is 25.5 Å². The number of rotatable bonds is 8. The highest BCUT2D eigenvalue weighted by Gasteiger charge is 2.35. The van der Waals surface area contributed by atoms with Crippen LogP contribution in [-0.4, -0.2) is 26.5 Å². The molecule has 0 unspecified atom stereocenters. The number of hydrogen-bond donors (Lipinski definition) is 0. The standard InChI is InChI=1S/C18H32O3Si/c1-8-13(2)11-14(3)12-15(4)18(21-22(5,6)7)16-9-10-17(19)20-16/h8-10,14-16,18H,11-12H2,1-7H3/b13-8+/t14-,15-,16+,18+/m0/s1. The van der Waals surface area contributed by atoms with E-state index in [4.69, 9.17) is 9.16 Å². The molecule has 0 radical (unpaired) electrons. The van der Waals surface area contributed by atoms with Gasteiger partial charge in [-0.25, -0.2) is 4.79 Å². The molecule has 1 aliphatic heterocycles. The van der Waals surface area contributed by atoms with Crippen LogP contribution in [-0.2, 0) is 14.0 Å². The number of esters is 1. The van der Waals surface area contributed by atoms with E-state index in [-0.39, 0.29) is 18.2 Å². The first-order valence-electron chi connectivity index (χ1n) is 8.30. The third-order valence-electron chi connectivity index (χ3n) is 3.99. The summed E-state index contributed by atoms with van der Waals surface area (Å²) in [6.45, 7) is 15.3. The Morgan fingerprint density at radius 1 is 1.41 bits per heavy atom.